The molecule has 1 unspecified atom stereocenters. The van der Waals surface area contributed by atoms with E-state index in [2.05, 4.69) is 10.3 Å². The van der Waals surface area contributed by atoms with Gasteiger partial charge in [-0.25, -0.2) is 0 Å². The fourth-order valence-corrected chi connectivity index (χ4v) is 3.44. The van der Waals surface area contributed by atoms with Crippen LogP contribution < -0.4 is 22.5 Å². The largest absolute Gasteiger partial charge is 0.370 e. The molecule has 9 heteroatoms. The summed E-state index contributed by atoms with van der Waals surface area (Å²) >= 11 is 0. The van der Waals surface area contributed by atoms with Crippen molar-refractivity contribution in [1.82, 2.24) is 10.2 Å². The molecule has 7 N–H and O–H groups in total. The number of rotatable bonds is 10. The number of likely N-dealkylation sites (tertiary alicyclic amines) is 1. The maximum atomic E-state index is 12.8. The lowest BCUT2D eigenvalue weighted by Crippen LogP contribution is -2.53. The number of nitrogens with two attached hydrogens (primary N) is 3. The number of nitrogens with one attached hydrogen (secondary N) is 1. The molecule has 9 nitrogen and oxygen atoms in total. The Morgan fingerprint density at radius 3 is 2.66 bits per heavy atom. The first kappa shape index (κ1) is 22.4. The van der Waals surface area contributed by atoms with Gasteiger partial charge in [-0.2, -0.15) is 0 Å². The maximum Gasteiger partial charge on any atom is 0.243 e. The first-order valence-corrected chi connectivity index (χ1v) is 9.83. The van der Waals surface area contributed by atoms with E-state index in [4.69, 9.17) is 17.2 Å². The Kier molecular flexibility index (Phi) is 8.60. The van der Waals surface area contributed by atoms with Crippen LogP contribution in [0.4, 0.5) is 0 Å². The summed E-state index contributed by atoms with van der Waals surface area (Å²) in [4.78, 5) is 42.2. The van der Waals surface area contributed by atoms with Gasteiger partial charge in [0.15, 0.2) is 5.96 Å². The third kappa shape index (κ3) is 6.86. The summed E-state index contributed by atoms with van der Waals surface area (Å²) in [5.74, 6) is -0.591. The van der Waals surface area contributed by atoms with Crippen molar-refractivity contribution in [3.8, 4) is 0 Å². The summed E-state index contributed by atoms with van der Waals surface area (Å²) in [6, 6.07) is 7.55. The Bertz CT molecular complexity index is 720. The molecule has 0 aromatic heterocycles. The van der Waals surface area contributed by atoms with Crippen LogP contribution in [0.1, 0.15) is 31.2 Å². The van der Waals surface area contributed by atoms with Gasteiger partial charge in [-0.3, -0.25) is 14.6 Å². The summed E-state index contributed by atoms with van der Waals surface area (Å²) in [7, 11) is 0. The van der Waals surface area contributed by atoms with Crippen LogP contribution in [0.3, 0.4) is 0 Å². The molecule has 1 saturated heterocycles. The summed E-state index contributed by atoms with van der Waals surface area (Å²) in [6.07, 6.45) is 3.34. The Labute approximate surface area is 170 Å². The number of carbonyl (C=O) groups excluding carboxylic acids is 3. The minimum absolute atomic E-state index is 0.0105. The fraction of sp³-hybridized carbons (Fsp3) is 0.500. The third-order valence-corrected chi connectivity index (χ3v) is 4.91. The Balaban J connectivity index is 1.90. The highest BCUT2D eigenvalue weighted by Gasteiger charge is 2.36. The lowest BCUT2D eigenvalue weighted by atomic mass is 10.0. The molecular formula is C20H30N6O3. The molecule has 2 rings (SSSR count). The number of amides is 2. The lowest BCUT2D eigenvalue weighted by Gasteiger charge is -2.27. The SMILES string of the molecule is NC(N)=NCCCC(C=O)NC(=O)[C@@H]1CCCN1C(=O)[C@H](N)Cc1ccccc1. The molecule has 29 heavy (non-hydrogen) atoms. The summed E-state index contributed by atoms with van der Waals surface area (Å²) in [5, 5.41) is 2.72. The molecule has 1 aromatic rings. The van der Waals surface area contributed by atoms with Crippen molar-refractivity contribution >= 4 is 24.1 Å². The van der Waals surface area contributed by atoms with E-state index in [0.717, 1.165) is 12.0 Å². The van der Waals surface area contributed by atoms with Crippen molar-refractivity contribution in [3.05, 3.63) is 35.9 Å². The van der Waals surface area contributed by atoms with Crippen molar-refractivity contribution < 1.29 is 14.4 Å². The Morgan fingerprint density at radius 1 is 1.28 bits per heavy atom. The van der Waals surface area contributed by atoms with Gasteiger partial charge in [0, 0.05) is 13.1 Å². The molecule has 0 spiro atoms. The first-order chi connectivity index (χ1) is 13.9. The summed E-state index contributed by atoms with van der Waals surface area (Å²) in [6.45, 7) is 0.862. The molecular weight excluding hydrogens is 372 g/mol. The molecule has 1 fully saturated rings. The number of benzene rings is 1. The van der Waals surface area contributed by atoms with Crippen LogP contribution in [0.2, 0.25) is 0 Å². The second kappa shape index (κ2) is 11.2. The van der Waals surface area contributed by atoms with Crippen molar-refractivity contribution in [1.29, 1.82) is 0 Å². The quantitative estimate of drug-likeness (QED) is 0.175. The Morgan fingerprint density at radius 2 is 2.00 bits per heavy atom. The van der Waals surface area contributed by atoms with Crippen LogP contribution in [-0.2, 0) is 20.8 Å². The van der Waals surface area contributed by atoms with Gasteiger partial charge < -0.3 is 32.2 Å². The number of hydrogen-bond donors (Lipinski definition) is 4. The van der Waals surface area contributed by atoms with Crippen LogP contribution in [0.5, 0.6) is 0 Å². The molecule has 2 amide bonds. The molecule has 0 aliphatic carbocycles. The van der Waals surface area contributed by atoms with Crippen LogP contribution in [0.25, 0.3) is 0 Å². The minimum Gasteiger partial charge on any atom is -0.370 e. The monoisotopic (exact) mass is 402 g/mol. The van der Waals surface area contributed by atoms with Gasteiger partial charge in [0.05, 0.1) is 12.1 Å². The average molecular weight is 402 g/mol. The van der Waals surface area contributed by atoms with Crippen LogP contribution in [0.15, 0.2) is 35.3 Å². The number of hydrogen-bond acceptors (Lipinski definition) is 5. The van der Waals surface area contributed by atoms with Crippen molar-refractivity contribution in [2.45, 2.75) is 50.2 Å². The number of aldehydes is 1. The standard InChI is InChI=1S/C20H30N6O3/c21-16(12-14-6-2-1-3-7-14)19(29)26-11-5-9-17(26)18(28)25-15(13-27)8-4-10-24-20(22)23/h1-3,6-7,13,15-17H,4-5,8-12,21H2,(H,25,28)(H4,22,23,24)/t15?,16-,17+/m1/s1. The lowest BCUT2D eigenvalue weighted by molar-refractivity contribution is -0.139. The normalized spacial score (nSPS) is 18.0. The van der Waals surface area contributed by atoms with Crippen molar-refractivity contribution in [2.24, 2.45) is 22.2 Å². The van der Waals surface area contributed by atoms with E-state index in [1.165, 1.54) is 4.90 Å². The summed E-state index contributed by atoms with van der Waals surface area (Å²) < 4.78 is 0. The van der Waals surface area contributed by atoms with Crippen LogP contribution in [0, 0.1) is 0 Å². The van der Waals surface area contributed by atoms with Gasteiger partial charge in [0.2, 0.25) is 11.8 Å². The van der Waals surface area contributed by atoms with E-state index >= 15 is 0 Å². The number of nitrogens with zero attached hydrogens (tertiary/aromatic N) is 2. The van der Waals surface area contributed by atoms with E-state index in [0.29, 0.717) is 45.1 Å². The second-order valence-electron chi connectivity index (χ2n) is 7.19. The van der Waals surface area contributed by atoms with E-state index in [-0.39, 0.29) is 17.8 Å². The topological polar surface area (TPSA) is 157 Å². The number of guanidine groups is 1. The second-order valence-corrected chi connectivity index (χ2v) is 7.19. The highest BCUT2D eigenvalue weighted by atomic mass is 16.2. The van der Waals surface area contributed by atoms with E-state index < -0.39 is 18.1 Å². The molecule has 3 atom stereocenters. The van der Waals surface area contributed by atoms with Gasteiger partial charge in [-0.15, -0.1) is 0 Å². The smallest absolute Gasteiger partial charge is 0.243 e. The van der Waals surface area contributed by atoms with Crippen molar-refractivity contribution in [3.63, 3.8) is 0 Å². The van der Waals surface area contributed by atoms with Gasteiger partial charge in [0.1, 0.15) is 12.3 Å². The minimum atomic E-state index is -0.716. The zero-order valence-corrected chi connectivity index (χ0v) is 16.5. The van der Waals surface area contributed by atoms with Gasteiger partial charge in [-0.05, 0) is 37.7 Å². The number of aliphatic imine (C=N–C) groups is 1. The van der Waals surface area contributed by atoms with E-state index in [9.17, 15) is 14.4 Å². The fourth-order valence-electron chi connectivity index (χ4n) is 3.44. The average Bonchev–Trinajstić information content (AvgIpc) is 3.20. The zero-order chi connectivity index (χ0) is 21.2. The third-order valence-electron chi connectivity index (χ3n) is 4.91. The molecule has 1 aliphatic rings. The first-order valence-electron chi connectivity index (χ1n) is 9.83. The molecule has 0 bridgehead atoms. The predicted octanol–water partition coefficient (Wildman–Crippen LogP) is -0.715. The summed E-state index contributed by atoms with van der Waals surface area (Å²) in [5.41, 5.74) is 17.6. The van der Waals surface area contributed by atoms with Gasteiger partial charge >= 0.3 is 0 Å². The molecule has 158 valence electrons. The molecule has 1 heterocycles. The maximum absolute atomic E-state index is 12.8. The highest BCUT2D eigenvalue weighted by molar-refractivity contribution is 5.91. The van der Waals surface area contributed by atoms with Crippen molar-refractivity contribution in [2.75, 3.05) is 13.1 Å². The molecule has 1 aromatic carbocycles. The molecule has 0 saturated carbocycles. The van der Waals surface area contributed by atoms with Crippen LogP contribution >= 0.6 is 0 Å². The molecule has 0 radical (unpaired) electrons. The Hall–Kier alpha value is -2.94. The van der Waals surface area contributed by atoms with Crippen LogP contribution in [-0.4, -0.2) is 60.2 Å². The van der Waals surface area contributed by atoms with Gasteiger partial charge in [-0.1, -0.05) is 30.3 Å². The van der Waals surface area contributed by atoms with E-state index in [1.807, 2.05) is 30.3 Å². The predicted molar refractivity (Wildman–Crippen MR) is 111 cm³/mol. The number of carbonyl (C=O) groups is 3. The molecule has 1 aliphatic heterocycles. The highest BCUT2D eigenvalue weighted by Crippen LogP contribution is 2.19. The van der Waals surface area contributed by atoms with Gasteiger partial charge in [0.25, 0.3) is 0 Å². The zero-order valence-electron chi connectivity index (χ0n) is 16.5. The van der Waals surface area contributed by atoms with E-state index in [1.54, 1.807) is 0 Å².